The van der Waals surface area contributed by atoms with E-state index in [0.29, 0.717) is 43.4 Å². The Morgan fingerprint density at radius 1 is 1.21 bits per heavy atom. The minimum atomic E-state index is -0.759. The van der Waals surface area contributed by atoms with Gasteiger partial charge in [0, 0.05) is 23.8 Å². The molecule has 0 saturated carbocycles. The van der Waals surface area contributed by atoms with Crippen LogP contribution in [0.5, 0.6) is 5.75 Å². The summed E-state index contributed by atoms with van der Waals surface area (Å²) in [6.07, 6.45) is 1.62. The van der Waals surface area contributed by atoms with Gasteiger partial charge in [0.2, 0.25) is 0 Å². The van der Waals surface area contributed by atoms with Gasteiger partial charge in [-0.2, -0.15) is 0 Å². The summed E-state index contributed by atoms with van der Waals surface area (Å²) in [6.45, 7) is 3.62. The average molecular weight is 546 g/mol. The first-order chi connectivity index (χ1) is 18.8. The highest BCUT2D eigenvalue weighted by molar-refractivity contribution is 7.07. The first-order valence-corrected chi connectivity index (χ1v) is 12.8. The van der Waals surface area contributed by atoms with Crippen LogP contribution in [-0.4, -0.2) is 29.2 Å². The van der Waals surface area contributed by atoms with E-state index in [1.807, 2.05) is 6.07 Å². The third kappa shape index (κ3) is 4.91. The summed E-state index contributed by atoms with van der Waals surface area (Å²) >= 11 is 1.18. The molecule has 1 aliphatic heterocycles. The highest BCUT2D eigenvalue weighted by Crippen LogP contribution is 2.32. The molecule has 0 bridgehead atoms. The highest BCUT2D eigenvalue weighted by Gasteiger charge is 2.33. The number of thiazole rings is 1. The van der Waals surface area contributed by atoms with Crippen LogP contribution in [-0.2, 0) is 9.53 Å². The lowest BCUT2D eigenvalue weighted by molar-refractivity contribution is -0.384. The van der Waals surface area contributed by atoms with E-state index in [1.54, 1.807) is 69.5 Å². The smallest absolute Gasteiger partial charge is 0.338 e. The quantitative estimate of drug-likeness (QED) is 0.195. The molecule has 0 radical (unpaired) electrons. The zero-order chi connectivity index (χ0) is 27.7. The second-order valence-electron chi connectivity index (χ2n) is 8.58. The van der Waals surface area contributed by atoms with Gasteiger partial charge in [-0.15, -0.1) is 0 Å². The van der Waals surface area contributed by atoms with Crippen LogP contribution >= 0.6 is 11.3 Å². The standard InChI is InChI=1S/C28H23N3O7S/c1-4-37-27(33)24-16(2)29-28-30(25(24)18-6-5-7-20(14-18)36-3)26(32)23(39-28)15-21-12-13-22(38-21)17-8-10-19(11-9-17)31(34)35/h5-15,25H,4H2,1-3H3/b23-15+. The number of methoxy groups -OCH3 is 1. The van der Waals surface area contributed by atoms with E-state index >= 15 is 0 Å². The predicted octanol–water partition coefficient (Wildman–Crippen LogP) is 3.98. The minimum absolute atomic E-state index is 0.0188. The number of carbonyl (C=O) groups excluding carboxylic acids is 1. The van der Waals surface area contributed by atoms with Gasteiger partial charge in [-0.3, -0.25) is 19.5 Å². The largest absolute Gasteiger partial charge is 0.497 e. The maximum Gasteiger partial charge on any atom is 0.338 e. The molecule has 1 aliphatic rings. The lowest BCUT2D eigenvalue weighted by Crippen LogP contribution is -2.39. The average Bonchev–Trinajstić information content (AvgIpc) is 3.52. The fraction of sp³-hybridized carbons (Fsp3) is 0.179. The number of fused-ring (bicyclic) bond motifs is 1. The Bertz CT molecular complexity index is 1800. The number of aromatic nitrogens is 1. The SMILES string of the molecule is CCOC(=O)C1=C(C)N=c2s/c(=C/c3ccc(-c4ccc([N+](=O)[O-])cc4)o3)c(=O)n2C1c1cccc(OC)c1. The second-order valence-corrected chi connectivity index (χ2v) is 9.59. The Morgan fingerprint density at radius 2 is 1.97 bits per heavy atom. The molecular weight excluding hydrogens is 522 g/mol. The molecule has 0 aliphatic carbocycles. The monoisotopic (exact) mass is 545 g/mol. The molecular formula is C28H23N3O7S. The molecule has 1 unspecified atom stereocenters. The van der Waals surface area contributed by atoms with Gasteiger partial charge in [0.25, 0.3) is 11.2 Å². The van der Waals surface area contributed by atoms with Crippen molar-refractivity contribution in [1.82, 2.24) is 4.57 Å². The van der Waals surface area contributed by atoms with Gasteiger partial charge in [-0.25, -0.2) is 9.79 Å². The number of hydrogen-bond donors (Lipinski definition) is 0. The minimum Gasteiger partial charge on any atom is -0.497 e. The van der Waals surface area contributed by atoms with Crippen molar-refractivity contribution in [1.29, 1.82) is 0 Å². The van der Waals surface area contributed by atoms with E-state index in [-0.39, 0.29) is 23.4 Å². The normalized spacial score (nSPS) is 15.1. The molecule has 10 nitrogen and oxygen atoms in total. The van der Waals surface area contributed by atoms with Gasteiger partial charge in [0.1, 0.15) is 17.3 Å². The van der Waals surface area contributed by atoms with E-state index in [0.717, 1.165) is 0 Å². The molecule has 2 aromatic heterocycles. The molecule has 11 heteroatoms. The van der Waals surface area contributed by atoms with Gasteiger partial charge in [-0.05, 0) is 55.8 Å². The molecule has 2 aromatic carbocycles. The van der Waals surface area contributed by atoms with Gasteiger partial charge >= 0.3 is 5.97 Å². The molecule has 0 amide bonds. The lowest BCUT2D eigenvalue weighted by atomic mass is 9.95. The predicted molar refractivity (Wildman–Crippen MR) is 144 cm³/mol. The third-order valence-electron chi connectivity index (χ3n) is 6.19. The van der Waals surface area contributed by atoms with Crippen molar-refractivity contribution in [3.05, 3.63) is 113 Å². The molecule has 0 spiro atoms. The van der Waals surface area contributed by atoms with Gasteiger partial charge in [0.05, 0.1) is 40.5 Å². The van der Waals surface area contributed by atoms with Crippen molar-refractivity contribution in [3.8, 4) is 17.1 Å². The molecule has 0 N–H and O–H groups in total. The van der Waals surface area contributed by atoms with Crippen molar-refractivity contribution < 1.29 is 23.6 Å². The number of ether oxygens (including phenoxy) is 2. The van der Waals surface area contributed by atoms with E-state index < -0.39 is 16.9 Å². The Balaban J connectivity index is 1.60. The van der Waals surface area contributed by atoms with Crippen LogP contribution in [0.25, 0.3) is 17.4 Å². The molecule has 39 heavy (non-hydrogen) atoms. The van der Waals surface area contributed by atoms with E-state index in [9.17, 15) is 19.7 Å². The molecule has 198 valence electrons. The number of non-ortho nitro benzene ring substituents is 1. The topological polar surface area (TPSA) is 126 Å². The van der Waals surface area contributed by atoms with Crippen molar-refractivity contribution in [2.24, 2.45) is 4.99 Å². The maximum atomic E-state index is 13.7. The Morgan fingerprint density at radius 3 is 2.67 bits per heavy atom. The summed E-state index contributed by atoms with van der Waals surface area (Å²) in [5, 5.41) is 10.9. The van der Waals surface area contributed by atoms with E-state index in [1.165, 1.54) is 28.0 Å². The van der Waals surface area contributed by atoms with Crippen LogP contribution in [0.3, 0.4) is 0 Å². The van der Waals surface area contributed by atoms with Gasteiger partial charge < -0.3 is 13.9 Å². The van der Waals surface area contributed by atoms with Crippen LogP contribution in [0.2, 0.25) is 0 Å². The summed E-state index contributed by atoms with van der Waals surface area (Å²) in [5.74, 6) is 0.966. The Labute approximate surface area is 225 Å². The number of nitro groups is 1. The van der Waals surface area contributed by atoms with Crippen molar-refractivity contribution in [2.75, 3.05) is 13.7 Å². The number of furan rings is 1. The van der Waals surface area contributed by atoms with Crippen LogP contribution in [0.1, 0.15) is 31.2 Å². The molecule has 0 saturated heterocycles. The summed E-state index contributed by atoms with van der Waals surface area (Å²) in [4.78, 5) is 42.2. The van der Waals surface area contributed by atoms with Crippen molar-refractivity contribution in [3.63, 3.8) is 0 Å². The molecule has 3 heterocycles. The summed E-state index contributed by atoms with van der Waals surface area (Å²) in [7, 11) is 1.55. The third-order valence-corrected chi connectivity index (χ3v) is 7.17. The van der Waals surface area contributed by atoms with Gasteiger partial charge in [-0.1, -0.05) is 23.5 Å². The number of nitrogens with zero attached hydrogens (tertiary/aromatic N) is 3. The zero-order valence-electron chi connectivity index (χ0n) is 21.2. The number of hydrogen-bond acceptors (Lipinski definition) is 9. The van der Waals surface area contributed by atoms with Crippen LogP contribution < -0.4 is 19.6 Å². The fourth-order valence-electron chi connectivity index (χ4n) is 4.38. The summed E-state index contributed by atoms with van der Waals surface area (Å²) in [5.41, 5.74) is 1.73. The zero-order valence-corrected chi connectivity index (χ0v) is 22.1. The number of carbonyl (C=O) groups is 1. The van der Waals surface area contributed by atoms with Crippen LogP contribution in [0.15, 0.2) is 86.1 Å². The lowest BCUT2D eigenvalue weighted by Gasteiger charge is -2.24. The summed E-state index contributed by atoms with van der Waals surface area (Å²) in [6, 6.07) is 15.9. The van der Waals surface area contributed by atoms with Gasteiger partial charge in [0.15, 0.2) is 4.80 Å². The highest BCUT2D eigenvalue weighted by atomic mass is 32.1. The van der Waals surface area contributed by atoms with E-state index in [4.69, 9.17) is 13.9 Å². The molecule has 1 atom stereocenters. The number of rotatable bonds is 7. The number of esters is 1. The first kappa shape index (κ1) is 25.9. The number of allylic oxidation sites excluding steroid dienone is 1. The molecule has 4 aromatic rings. The maximum absolute atomic E-state index is 13.7. The summed E-state index contributed by atoms with van der Waals surface area (Å²) < 4.78 is 18.5. The van der Waals surface area contributed by atoms with Crippen molar-refractivity contribution >= 4 is 29.1 Å². The number of nitro benzene ring substituents is 1. The number of benzene rings is 2. The van der Waals surface area contributed by atoms with Crippen LogP contribution in [0.4, 0.5) is 5.69 Å². The Hall–Kier alpha value is -4.77. The molecule has 5 rings (SSSR count). The Kier molecular flexibility index (Phi) is 6.99. The molecule has 0 fully saturated rings. The van der Waals surface area contributed by atoms with Crippen molar-refractivity contribution in [2.45, 2.75) is 19.9 Å². The fourth-order valence-corrected chi connectivity index (χ4v) is 5.41. The second kappa shape index (κ2) is 10.5. The first-order valence-electron chi connectivity index (χ1n) is 12.0. The van der Waals surface area contributed by atoms with E-state index in [2.05, 4.69) is 4.99 Å². The van der Waals surface area contributed by atoms with Crippen LogP contribution in [0, 0.1) is 10.1 Å².